The molecule has 3 fully saturated rings. The van der Waals surface area contributed by atoms with E-state index in [1.807, 2.05) is 60.7 Å². The van der Waals surface area contributed by atoms with Crippen molar-refractivity contribution in [2.24, 2.45) is 23.7 Å². The number of fused-ring (bicyclic) bond motifs is 7. The fourth-order valence-corrected chi connectivity index (χ4v) is 6.40. The highest BCUT2D eigenvalue weighted by molar-refractivity contribution is 5.71. The zero-order chi connectivity index (χ0) is 20.9. The summed E-state index contributed by atoms with van der Waals surface area (Å²) in [6, 6.07) is 19.7. The largest absolute Gasteiger partial charge is 0.443 e. The maximum Gasteiger partial charge on any atom is 0.410 e. The highest BCUT2D eigenvalue weighted by atomic mass is 16.6. The number of ether oxygens (including phenoxy) is 2. The molecule has 0 radical (unpaired) electrons. The number of benzene rings is 2. The molecule has 1 heterocycles. The Bertz CT molecular complexity index is 977. The first kappa shape index (κ1) is 19.1. The lowest BCUT2D eigenvalue weighted by Gasteiger charge is -2.47. The van der Waals surface area contributed by atoms with Crippen LogP contribution >= 0.6 is 0 Å². The van der Waals surface area contributed by atoms with E-state index in [4.69, 9.17) is 9.47 Å². The Labute approximate surface area is 182 Å². The Morgan fingerprint density at radius 2 is 1.58 bits per heavy atom. The summed E-state index contributed by atoms with van der Waals surface area (Å²) in [4.78, 5) is 14.8. The SMILES string of the molecule is O=C1O[C@H]2[C@H]3[C@@H]([C@H](O)[C@@H](OCc4ccccc4)[C@H]2N1Cc1ccccc1)[C@H]1C=C[C@@H]3C1. The highest BCUT2D eigenvalue weighted by Crippen LogP contribution is 2.57. The van der Waals surface area contributed by atoms with Crippen LogP contribution in [0.2, 0.25) is 0 Å². The van der Waals surface area contributed by atoms with Gasteiger partial charge in [0.15, 0.2) is 0 Å². The molecule has 1 aliphatic heterocycles. The van der Waals surface area contributed by atoms with E-state index in [0.717, 1.165) is 17.5 Å². The quantitative estimate of drug-likeness (QED) is 0.753. The average Bonchev–Trinajstić information content (AvgIpc) is 3.50. The van der Waals surface area contributed by atoms with Gasteiger partial charge >= 0.3 is 6.09 Å². The van der Waals surface area contributed by atoms with Crippen molar-refractivity contribution in [2.75, 3.05) is 0 Å². The van der Waals surface area contributed by atoms with E-state index < -0.39 is 12.2 Å². The average molecular weight is 418 g/mol. The summed E-state index contributed by atoms with van der Waals surface area (Å²) in [5.74, 6) is 0.963. The predicted molar refractivity (Wildman–Crippen MR) is 115 cm³/mol. The van der Waals surface area contributed by atoms with Crippen molar-refractivity contribution >= 4 is 6.09 Å². The third-order valence-electron chi connectivity index (χ3n) is 7.68. The van der Waals surface area contributed by atoms with Gasteiger partial charge in [0, 0.05) is 18.4 Å². The van der Waals surface area contributed by atoms with Gasteiger partial charge in [-0.1, -0.05) is 72.8 Å². The maximum atomic E-state index is 13.0. The number of carbonyl (C=O) groups excluding carboxylic acids is 1. The molecule has 2 bridgehead atoms. The monoisotopic (exact) mass is 417 g/mol. The molecule has 2 saturated carbocycles. The zero-order valence-electron chi connectivity index (χ0n) is 17.3. The van der Waals surface area contributed by atoms with Crippen LogP contribution in [-0.4, -0.2) is 40.5 Å². The van der Waals surface area contributed by atoms with Gasteiger partial charge in [0.25, 0.3) is 0 Å². The summed E-state index contributed by atoms with van der Waals surface area (Å²) in [5.41, 5.74) is 2.10. The van der Waals surface area contributed by atoms with Gasteiger partial charge in [0.2, 0.25) is 0 Å². The van der Waals surface area contributed by atoms with Crippen molar-refractivity contribution in [3.05, 3.63) is 83.9 Å². The van der Waals surface area contributed by atoms with Crippen molar-refractivity contribution in [2.45, 2.75) is 43.9 Å². The van der Waals surface area contributed by atoms with Gasteiger partial charge in [-0.3, -0.25) is 4.90 Å². The smallest absolute Gasteiger partial charge is 0.410 e. The number of carbonyl (C=O) groups is 1. The van der Waals surface area contributed by atoms with Crippen LogP contribution in [0.15, 0.2) is 72.8 Å². The summed E-state index contributed by atoms with van der Waals surface area (Å²) < 4.78 is 12.4. The second-order valence-corrected chi connectivity index (χ2v) is 9.31. The lowest BCUT2D eigenvalue weighted by atomic mass is 9.67. The van der Waals surface area contributed by atoms with Crippen LogP contribution in [0.5, 0.6) is 0 Å². The van der Waals surface area contributed by atoms with E-state index in [1.165, 1.54) is 0 Å². The van der Waals surface area contributed by atoms with Crippen molar-refractivity contribution in [3.8, 4) is 0 Å². The number of aliphatic hydroxyl groups is 1. The molecule has 31 heavy (non-hydrogen) atoms. The number of nitrogens with zero attached hydrogens (tertiary/aromatic N) is 1. The molecule has 8 atom stereocenters. The number of rotatable bonds is 5. The van der Waals surface area contributed by atoms with Crippen LogP contribution < -0.4 is 0 Å². The molecular formula is C26H27NO4. The third kappa shape index (κ3) is 3.10. The van der Waals surface area contributed by atoms with Crippen LogP contribution in [-0.2, 0) is 22.6 Å². The van der Waals surface area contributed by atoms with Gasteiger partial charge in [0.05, 0.1) is 12.7 Å². The van der Waals surface area contributed by atoms with E-state index in [1.54, 1.807) is 4.90 Å². The van der Waals surface area contributed by atoms with Crippen LogP contribution in [0.1, 0.15) is 17.5 Å². The lowest BCUT2D eigenvalue weighted by molar-refractivity contribution is -0.158. The maximum absolute atomic E-state index is 13.0. The summed E-state index contributed by atoms with van der Waals surface area (Å²) in [7, 11) is 0. The Hall–Kier alpha value is -2.63. The fourth-order valence-electron chi connectivity index (χ4n) is 6.40. The Balaban J connectivity index is 1.33. The number of amides is 1. The second kappa shape index (κ2) is 7.50. The molecule has 0 aromatic heterocycles. The van der Waals surface area contributed by atoms with Crippen LogP contribution in [0.3, 0.4) is 0 Å². The number of aliphatic hydroxyl groups excluding tert-OH is 1. The molecule has 1 N–H and O–H groups in total. The molecule has 0 unspecified atom stereocenters. The Morgan fingerprint density at radius 3 is 2.29 bits per heavy atom. The van der Waals surface area contributed by atoms with E-state index in [-0.39, 0.29) is 30.1 Å². The first-order chi connectivity index (χ1) is 15.2. The molecular weight excluding hydrogens is 390 g/mol. The van der Waals surface area contributed by atoms with Crippen LogP contribution in [0, 0.1) is 23.7 Å². The molecule has 1 saturated heterocycles. The molecule has 4 aliphatic rings. The van der Waals surface area contributed by atoms with Crippen molar-refractivity contribution in [1.29, 1.82) is 0 Å². The Morgan fingerprint density at radius 1 is 0.935 bits per heavy atom. The molecule has 5 heteroatoms. The minimum absolute atomic E-state index is 0.0847. The molecule has 2 aromatic rings. The number of hydrogen-bond donors (Lipinski definition) is 1. The van der Waals surface area contributed by atoms with Gasteiger partial charge in [-0.25, -0.2) is 4.79 Å². The first-order valence-electron chi connectivity index (χ1n) is 11.2. The van der Waals surface area contributed by atoms with Crippen LogP contribution in [0.25, 0.3) is 0 Å². The summed E-state index contributed by atoms with van der Waals surface area (Å²) in [6.45, 7) is 0.862. The van der Waals surface area contributed by atoms with Gasteiger partial charge in [0.1, 0.15) is 18.2 Å². The van der Waals surface area contributed by atoms with Crippen LogP contribution in [0.4, 0.5) is 4.79 Å². The standard InChI is InChI=1S/C26H27NO4/c28-23-20-18-11-12-19(13-18)21(20)24-22(25(23)30-15-17-9-5-2-6-10-17)27(26(29)31-24)14-16-7-3-1-4-8-16/h1-12,18-25,28H,13-15H2/t18-,19+,20-,21+,22-,23-,24-,25-/m0/s1. The molecule has 0 spiro atoms. The molecule has 2 aromatic carbocycles. The second-order valence-electron chi connectivity index (χ2n) is 9.31. The summed E-state index contributed by atoms with van der Waals surface area (Å²) >= 11 is 0. The van der Waals surface area contributed by atoms with Crippen molar-refractivity contribution in [3.63, 3.8) is 0 Å². The topological polar surface area (TPSA) is 59.0 Å². The predicted octanol–water partition coefficient (Wildman–Crippen LogP) is 3.77. The number of hydrogen-bond acceptors (Lipinski definition) is 4. The third-order valence-corrected chi connectivity index (χ3v) is 7.68. The minimum atomic E-state index is -0.623. The van der Waals surface area contributed by atoms with Crippen molar-refractivity contribution < 1.29 is 19.4 Å². The van der Waals surface area contributed by atoms with Gasteiger partial charge in [-0.05, 0) is 29.4 Å². The van der Waals surface area contributed by atoms with E-state index in [9.17, 15) is 9.90 Å². The molecule has 1 amide bonds. The first-order valence-corrected chi connectivity index (χ1v) is 11.2. The van der Waals surface area contributed by atoms with Crippen molar-refractivity contribution in [1.82, 2.24) is 4.90 Å². The van der Waals surface area contributed by atoms with Gasteiger partial charge < -0.3 is 14.6 Å². The zero-order valence-corrected chi connectivity index (χ0v) is 17.3. The fraction of sp³-hybridized carbons (Fsp3) is 0.423. The molecule has 160 valence electrons. The van der Waals surface area contributed by atoms with Gasteiger partial charge in [-0.2, -0.15) is 0 Å². The molecule has 3 aliphatic carbocycles. The van der Waals surface area contributed by atoms with Gasteiger partial charge in [-0.15, -0.1) is 0 Å². The summed E-state index contributed by atoms with van der Waals surface area (Å²) in [5, 5.41) is 11.5. The van der Waals surface area contributed by atoms with E-state index >= 15 is 0 Å². The molecule has 5 nitrogen and oxygen atoms in total. The molecule has 6 rings (SSSR count). The minimum Gasteiger partial charge on any atom is -0.443 e. The number of allylic oxidation sites excluding steroid dienone is 2. The Kier molecular flexibility index (Phi) is 4.62. The summed E-state index contributed by atoms with van der Waals surface area (Å²) in [6.07, 6.45) is 3.89. The normalized spacial score (nSPS) is 37.6. The lowest BCUT2D eigenvalue weighted by Crippen LogP contribution is -2.62. The highest BCUT2D eigenvalue weighted by Gasteiger charge is 2.64. The van der Waals surface area contributed by atoms with E-state index in [0.29, 0.717) is 25.0 Å². The van der Waals surface area contributed by atoms with E-state index in [2.05, 4.69) is 12.2 Å².